The molecule has 1 N–H and O–H groups in total. The molecule has 1 heterocycles. The first kappa shape index (κ1) is 29.2. The number of hydrogen-bond acceptors (Lipinski definition) is 6. The van der Waals surface area contributed by atoms with Gasteiger partial charge in [0.2, 0.25) is 5.24 Å². The van der Waals surface area contributed by atoms with E-state index in [0.717, 1.165) is 12.2 Å². The van der Waals surface area contributed by atoms with Gasteiger partial charge in [-0.05, 0) is 64.1 Å². The molecule has 0 amide bonds. The van der Waals surface area contributed by atoms with Crippen molar-refractivity contribution in [1.29, 1.82) is 0 Å². The summed E-state index contributed by atoms with van der Waals surface area (Å²) >= 11 is 5.08. The normalized spacial score (nSPS) is 14.9. The van der Waals surface area contributed by atoms with E-state index in [0.29, 0.717) is 25.7 Å². The SMILES string of the molecule is CC(=O)C(C)CCC(=O)Cl.CC(=O)C(C)CCC(=O)O.CC1=C(C)OC(=O)CC1. The summed E-state index contributed by atoms with van der Waals surface area (Å²) in [5, 5.41) is 7.87. The lowest BCUT2D eigenvalue weighted by atomic mass is 10.0. The van der Waals surface area contributed by atoms with Gasteiger partial charge in [0.1, 0.15) is 17.3 Å². The molecule has 1 rings (SSSR count). The molecule has 0 aromatic rings. The number of halogens is 1. The average molecular weight is 433 g/mol. The predicted molar refractivity (Wildman–Crippen MR) is 110 cm³/mol. The summed E-state index contributed by atoms with van der Waals surface area (Å²) in [5.74, 6) is -0.143. The van der Waals surface area contributed by atoms with Crippen LogP contribution in [-0.4, -0.2) is 33.9 Å². The molecule has 0 saturated heterocycles. The lowest BCUT2D eigenvalue weighted by Gasteiger charge is -2.13. The maximum atomic E-state index is 10.6. The molecule has 29 heavy (non-hydrogen) atoms. The second-order valence-corrected chi connectivity index (χ2v) is 7.58. The van der Waals surface area contributed by atoms with Gasteiger partial charge in [-0.1, -0.05) is 13.8 Å². The smallest absolute Gasteiger partial charge is 0.311 e. The number of ether oxygens (including phenoxy) is 1. The van der Waals surface area contributed by atoms with Crippen molar-refractivity contribution in [2.45, 2.75) is 80.1 Å². The van der Waals surface area contributed by atoms with E-state index in [1.54, 1.807) is 13.8 Å². The molecule has 166 valence electrons. The fourth-order valence-electron chi connectivity index (χ4n) is 1.85. The quantitative estimate of drug-likeness (QED) is 0.445. The molecule has 0 aliphatic carbocycles. The van der Waals surface area contributed by atoms with Crippen LogP contribution < -0.4 is 0 Å². The van der Waals surface area contributed by atoms with Crippen molar-refractivity contribution in [3.8, 4) is 0 Å². The fraction of sp³-hybridized carbons (Fsp3) is 0.667. The summed E-state index contributed by atoms with van der Waals surface area (Å²) in [5.41, 5.74) is 1.19. The number of Topliss-reactive ketones (excluding diaryl/α,β-unsaturated/α-hetero) is 2. The molecular formula is C21H33ClO7. The highest BCUT2D eigenvalue weighted by Crippen LogP contribution is 2.18. The Morgan fingerprint density at radius 2 is 1.41 bits per heavy atom. The Morgan fingerprint density at radius 1 is 0.966 bits per heavy atom. The van der Waals surface area contributed by atoms with E-state index < -0.39 is 5.97 Å². The standard InChI is InChI=1S/C7H11ClO2.C7H12O3.C7H10O2/c1-5(6(2)9)3-4-7(8)10;1-5(6(2)8)3-4-7(9)10;1-5-3-4-7(8)9-6(5)2/h5H,3-4H2,1-2H3;5H,3-4H2,1-2H3,(H,9,10);3-4H2,1-2H3. The second kappa shape index (κ2) is 15.9. The zero-order valence-electron chi connectivity index (χ0n) is 18.2. The number of aliphatic carboxylic acids is 1. The molecule has 2 atom stereocenters. The summed E-state index contributed by atoms with van der Waals surface area (Å²) in [4.78, 5) is 52.0. The second-order valence-electron chi connectivity index (χ2n) is 7.16. The van der Waals surface area contributed by atoms with Gasteiger partial charge in [-0.25, -0.2) is 0 Å². The molecule has 1 aliphatic heterocycles. The highest BCUT2D eigenvalue weighted by atomic mass is 35.5. The number of cyclic esters (lactones) is 1. The molecule has 0 bridgehead atoms. The van der Waals surface area contributed by atoms with Crippen molar-refractivity contribution in [3.05, 3.63) is 11.3 Å². The van der Waals surface area contributed by atoms with Crippen molar-refractivity contribution in [1.82, 2.24) is 0 Å². The monoisotopic (exact) mass is 432 g/mol. The number of carbonyl (C=O) groups is 5. The minimum absolute atomic E-state index is 0.0392. The van der Waals surface area contributed by atoms with Gasteiger partial charge in [0, 0.05) is 31.1 Å². The first-order valence-electron chi connectivity index (χ1n) is 9.55. The Kier molecular flexibility index (Phi) is 16.0. The maximum absolute atomic E-state index is 10.6. The molecule has 0 saturated carbocycles. The maximum Gasteiger partial charge on any atom is 0.311 e. The van der Waals surface area contributed by atoms with Gasteiger partial charge in [0.15, 0.2) is 0 Å². The number of hydrogen-bond donors (Lipinski definition) is 1. The van der Waals surface area contributed by atoms with Gasteiger partial charge in [-0.2, -0.15) is 0 Å². The summed E-state index contributed by atoms with van der Waals surface area (Å²) in [6.07, 6.45) is 2.80. The molecule has 0 aromatic carbocycles. The van der Waals surface area contributed by atoms with Gasteiger partial charge in [-0.15, -0.1) is 0 Å². The van der Waals surface area contributed by atoms with Gasteiger partial charge < -0.3 is 9.84 Å². The van der Waals surface area contributed by atoms with Crippen molar-refractivity contribution in [2.24, 2.45) is 11.8 Å². The third-order valence-corrected chi connectivity index (χ3v) is 4.71. The Bertz CT molecular complexity index is 589. The Labute approximate surface area is 177 Å². The summed E-state index contributed by atoms with van der Waals surface area (Å²) in [6, 6.07) is 0. The Balaban J connectivity index is 0. The minimum Gasteiger partial charge on any atom is -0.481 e. The highest BCUT2D eigenvalue weighted by Gasteiger charge is 2.12. The highest BCUT2D eigenvalue weighted by molar-refractivity contribution is 6.63. The van der Waals surface area contributed by atoms with Gasteiger partial charge in [0.05, 0.1) is 0 Å². The van der Waals surface area contributed by atoms with Crippen LogP contribution in [0.2, 0.25) is 0 Å². The Hall–Kier alpha value is -2.02. The largest absolute Gasteiger partial charge is 0.481 e. The molecule has 0 spiro atoms. The van der Waals surface area contributed by atoms with Crippen LogP contribution in [-0.2, 0) is 28.7 Å². The summed E-state index contributed by atoms with van der Waals surface area (Å²) in [7, 11) is 0. The number of carboxylic acids is 1. The average Bonchev–Trinajstić information content (AvgIpc) is 2.61. The van der Waals surface area contributed by atoms with E-state index in [4.69, 9.17) is 21.4 Å². The summed E-state index contributed by atoms with van der Waals surface area (Å²) in [6.45, 7) is 10.3. The van der Waals surface area contributed by atoms with Crippen LogP contribution in [0.5, 0.6) is 0 Å². The third-order valence-electron chi connectivity index (χ3n) is 4.53. The van der Waals surface area contributed by atoms with Crippen molar-refractivity contribution < 1.29 is 33.8 Å². The number of allylic oxidation sites excluding steroid dienone is 2. The lowest BCUT2D eigenvalue weighted by molar-refractivity contribution is -0.140. The molecule has 7 nitrogen and oxygen atoms in total. The topological polar surface area (TPSA) is 115 Å². The molecular weight excluding hydrogens is 400 g/mol. The van der Waals surface area contributed by atoms with Crippen molar-refractivity contribution >= 4 is 40.3 Å². The number of rotatable bonds is 8. The molecule has 8 heteroatoms. The number of carboxylic acid groups (broad SMARTS) is 1. The van der Waals surface area contributed by atoms with Crippen LogP contribution in [0.15, 0.2) is 11.3 Å². The van der Waals surface area contributed by atoms with E-state index in [2.05, 4.69) is 0 Å². The Morgan fingerprint density at radius 3 is 1.72 bits per heavy atom. The lowest BCUT2D eigenvalue weighted by Crippen LogP contribution is -2.09. The fourth-order valence-corrected chi connectivity index (χ4v) is 1.96. The third kappa shape index (κ3) is 17.8. The first-order valence-corrected chi connectivity index (χ1v) is 9.93. The molecule has 2 unspecified atom stereocenters. The predicted octanol–water partition coefficient (Wildman–Crippen LogP) is 4.45. The van der Waals surface area contributed by atoms with Crippen LogP contribution in [0.3, 0.4) is 0 Å². The van der Waals surface area contributed by atoms with Crippen LogP contribution in [0.4, 0.5) is 0 Å². The molecule has 0 aromatic heterocycles. The molecule has 0 radical (unpaired) electrons. The van der Waals surface area contributed by atoms with E-state index >= 15 is 0 Å². The minimum atomic E-state index is -0.840. The summed E-state index contributed by atoms with van der Waals surface area (Å²) < 4.78 is 4.84. The zero-order chi connectivity index (χ0) is 23.1. The van der Waals surface area contributed by atoms with Crippen LogP contribution in [0.25, 0.3) is 0 Å². The van der Waals surface area contributed by atoms with E-state index in [1.807, 2.05) is 13.8 Å². The van der Waals surface area contributed by atoms with Crippen molar-refractivity contribution in [2.75, 3.05) is 0 Å². The van der Waals surface area contributed by atoms with Crippen molar-refractivity contribution in [3.63, 3.8) is 0 Å². The first-order chi connectivity index (χ1) is 13.3. The zero-order valence-corrected chi connectivity index (χ0v) is 18.9. The van der Waals surface area contributed by atoms with Gasteiger partial charge >= 0.3 is 11.9 Å². The van der Waals surface area contributed by atoms with Crippen LogP contribution >= 0.6 is 11.6 Å². The van der Waals surface area contributed by atoms with E-state index in [1.165, 1.54) is 19.4 Å². The molecule has 0 fully saturated rings. The van der Waals surface area contributed by atoms with Crippen LogP contribution in [0, 0.1) is 11.8 Å². The van der Waals surface area contributed by atoms with E-state index in [9.17, 15) is 24.0 Å². The number of carbonyl (C=O) groups excluding carboxylic acids is 4. The van der Waals surface area contributed by atoms with Crippen LogP contribution in [0.1, 0.15) is 80.1 Å². The number of esters is 1. The van der Waals surface area contributed by atoms with E-state index in [-0.39, 0.29) is 41.0 Å². The number of ketones is 2. The van der Waals surface area contributed by atoms with Gasteiger partial charge in [-0.3, -0.25) is 24.0 Å². The molecule has 1 aliphatic rings. The van der Waals surface area contributed by atoms with Gasteiger partial charge in [0.25, 0.3) is 0 Å².